The fourth-order valence-corrected chi connectivity index (χ4v) is 3.33. The average Bonchev–Trinajstić information content (AvgIpc) is 2.77. The molecule has 2 aromatic rings. The fraction of sp³-hybridized carbons (Fsp3) is 0.391. The van der Waals surface area contributed by atoms with Crippen LogP contribution in [0.2, 0.25) is 0 Å². The topological polar surface area (TPSA) is 83.2 Å². The van der Waals surface area contributed by atoms with Gasteiger partial charge in [-0.1, -0.05) is 66.7 Å². The van der Waals surface area contributed by atoms with Crippen molar-refractivity contribution in [3.8, 4) is 0 Å². The zero-order chi connectivity index (χ0) is 20.5. The molecule has 29 heavy (non-hydrogen) atoms. The van der Waals surface area contributed by atoms with Crippen LogP contribution in [0, 0.1) is 0 Å². The molecule has 0 saturated carbocycles. The molecule has 0 unspecified atom stereocenters. The van der Waals surface area contributed by atoms with E-state index in [2.05, 4.69) is 6.58 Å². The van der Waals surface area contributed by atoms with Gasteiger partial charge in [-0.25, -0.2) is 0 Å². The minimum Gasteiger partial charge on any atom is -0.394 e. The fourth-order valence-electron chi connectivity index (χ4n) is 3.33. The molecule has 0 aromatic heterocycles. The van der Waals surface area contributed by atoms with Crippen molar-refractivity contribution < 1.29 is 24.1 Å². The largest absolute Gasteiger partial charge is 0.394 e. The van der Waals surface area contributed by atoms with Crippen LogP contribution in [0.1, 0.15) is 11.1 Å². The lowest BCUT2D eigenvalue weighted by atomic mass is 9.97. The second kappa shape index (κ2) is 11.2. The Bertz CT molecular complexity index is 727. The van der Waals surface area contributed by atoms with Gasteiger partial charge in [-0.3, -0.25) is 0 Å². The van der Waals surface area contributed by atoms with Gasteiger partial charge in [0.15, 0.2) is 6.29 Å². The van der Waals surface area contributed by atoms with Crippen molar-refractivity contribution in [1.82, 2.24) is 0 Å². The number of hydrogen-bond acceptors (Lipinski definition) is 6. The first-order chi connectivity index (χ1) is 14.2. The standard InChI is InChI=1S/C23H29NO5/c1-2-13-26-23-20(24)22(28-16-18-11-7-4-8-12-18)21(19(14-25)29-23)27-15-17-9-5-3-6-10-17/h2-12,19-23,25H,1,13-16,24H2/t19-,20+,21-,22-,23+/m1/s1. The highest BCUT2D eigenvalue weighted by Crippen LogP contribution is 2.27. The molecule has 0 spiro atoms. The molecule has 3 rings (SSSR count). The van der Waals surface area contributed by atoms with Crippen molar-refractivity contribution in [1.29, 1.82) is 0 Å². The molecule has 1 saturated heterocycles. The third-order valence-corrected chi connectivity index (χ3v) is 4.82. The predicted molar refractivity (Wildman–Crippen MR) is 110 cm³/mol. The van der Waals surface area contributed by atoms with Crippen LogP contribution in [0.3, 0.4) is 0 Å². The maximum atomic E-state index is 9.91. The summed E-state index contributed by atoms with van der Waals surface area (Å²) in [6.45, 7) is 4.45. The molecule has 156 valence electrons. The summed E-state index contributed by atoms with van der Waals surface area (Å²) in [6, 6.07) is 19.1. The van der Waals surface area contributed by atoms with Gasteiger partial charge in [0.25, 0.3) is 0 Å². The van der Waals surface area contributed by atoms with E-state index in [1.54, 1.807) is 6.08 Å². The molecule has 6 nitrogen and oxygen atoms in total. The Morgan fingerprint density at radius 1 is 0.897 bits per heavy atom. The quantitative estimate of drug-likeness (QED) is 0.597. The minimum atomic E-state index is -0.720. The number of benzene rings is 2. The summed E-state index contributed by atoms with van der Waals surface area (Å²) >= 11 is 0. The molecule has 1 aliphatic rings. The van der Waals surface area contributed by atoms with Crippen LogP contribution in [0.25, 0.3) is 0 Å². The molecular weight excluding hydrogens is 370 g/mol. The van der Waals surface area contributed by atoms with Crippen LogP contribution in [0.4, 0.5) is 0 Å². The number of ether oxygens (including phenoxy) is 4. The van der Waals surface area contributed by atoms with Crippen LogP contribution in [0.5, 0.6) is 0 Å². The first-order valence-electron chi connectivity index (χ1n) is 9.78. The third-order valence-electron chi connectivity index (χ3n) is 4.82. The van der Waals surface area contributed by atoms with E-state index in [9.17, 15) is 5.11 Å². The summed E-state index contributed by atoms with van der Waals surface area (Å²) in [4.78, 5) is 0. The Kier molecular flexibility index (Phi) is 8.37. The van der Waals surface area contributed by atoms with E-state index < -0.39 is 30.6 Å². The molecule has 6 heteroatoms. The molecule has 0 aliphatic carbocycles. The maximum Gasteiger partial charge on any atom is 0.176 e. The summed E-state index contributed by atoms with van der Waals surface area (Å²) in [5.41, 5.74) is 8.48. The number of hydrogen-bond donors (Lipinski definition) is 2. The van der Waals surface area contributed by atoms with Gasteiger partial charge in [0.1, 0.15) is 18.3 Å². The third kappa shape index (κ3) is 5.96. The molecule has 1 heterocycles. The van der Waals surface area contributed by atoms with Crippen LogP contribution < -0.4 is 5.73 Å². The molecule has 0 radical (unpaired) electrons. The van der Waals surface area contributed by atoms with E-state index in [1.165, 1.54) is 0 Å². The zero-order valence-electron chi connectivity index (χ0n) is 16.4. The molecule has 5 atom stereocenters. The molecule has 3 N–H and O–H groups in total. The summed E-state index contributed by atoms with van der Waals surface area (Å²) in [5, 5.41) is 9.91. The highest BCUT2D eigenvalue weighted by molar-refractivity contribution is 5.14. The van der Waals surface area contributed by atoms with Crippen molar-refractivity contribution >= 4 is 0 Å². The summed E-state index contributed by atoms with van der Waals surface area (Å²) in [7, 11) is 0. The van der Waals surface area contributed by atoms with Crippen LogP contribution >= 0.6 is 0 Å². The van der Waals surface area contributed by atoms with E-state index in [0.29, 0.717) is 13.2 Å². The molecule has 1 fully saturated rings. The van der Waals surface area contributed by atoms with E-state index in [0.717, 1.165) is 11.1 Å². The Balaban J connectivity index is 1.74. The number of rotatable bonds is 10. The summed E-state index contributed by atoms with van der Waals surface area (Å²) in [6.07, 6.45) is -0.763. The van der Waals surface area contributed by atoms with Crippen molar-refractivity contribution in [2.75, 3.05) is 13.2 Å². The maximum absolute atomic E-state index is 9.91. The van der Waals surface area contributed by atoms with Crippen LogP contribution in [0.15, 0.2) is 73.3 Å². The molecule has 0 bridgehead atoms. The van der Waals surface area contributed by atoms with Crippen molar-refractivity contribution in [2.24, 2.45) is 5.73 Å². The summed E-state index contributed by atoms with van der Waals surface area (Å²) in [5.74, 6) is 0. The van der Waals surface area contributed by atoms with E-state index in [4.69, 9.17) is 24.7 Å². The average molecular weight is 399 g/mol. The van der Waals surface area contributed by atoms with Gasteiger partial charge in [0.2, 0.25) is 0 Å². The van der Waals surface area contributed by atoms with Gasteiger partial charge in [0, 0.05) is 0 Å². The van der Waals surface area contributed by atoms with Gasteiger partial charge in [-0.15, -0.1) is 6.58 Å². The number of aliphatic hydroxyl groups is 1. The second-order valence-electron chi connectivity index (χ2n) is 6.95. The molecular formula is C23H29NO5. The SMILES string of the molecule is C=CCO[C@H]1O[C@H](CO)[C@@H](OCc2ccccc2)[C@H](OCc2ccccc2)[C@@H]1N. The van der Waals surface area contributed by atoms with E-state index in [1.807, 2.05) is 60.7 Å². The van der Waals surface area contributed by atoms with Gasteiger partial charge in [-0.2, -0.15) is 0 Å². The molecule has 1 aliphatic heterocycles. The van der Waals surface area contributed by atoms with Crippen molar-refractivity contribution in [3.63, 3.8) is 0 Å². The minimum absolute atomic E-state index is 0.231. The highest BCUT2D eigenvalue weighted by Gasteiger charge is 2.46. The predicted octanol–water partition coefficient (Wildman–Crippen LogP) is 2.40. The second-order valence-corrected chi connectivity index (χ2v) is 6.95. The Labute approximate surface area is 171 Å². The first kappa shape index (κ1) is 21.6. The van der Waals surface area contributed by atoms with Crippen molar-refractivity contribution in [3.05, 3.63) is 84.4 Å². The van der Waals surface area contributed by atoms with Gasteiger partial charge < -0.3 is 29.8 Å². The van der Waals surface area contributed by atoms with Gasteiger partial charge in [-0.05, 0) is 11.1 Å². The lowest BCUT2D eigenvalue weighted by molar-refractivity contribution is -0.281. The van der Waals surface area contributed by atoms with Crippen LogP contribution in [-0.4, -0.2) is 49.0 Å². The number of aliphatic hydroxyl groups excluding tert-OH is 1. The Hall–Kier alpha value is -2.06. The normalized spacial score (nSPS) is 26.9. The van der Waals surface area contributed by atoms with Crippen molar-refractivity contribution in [2.45, 2.75) is 43.9 Å². The Morgan fingerprint density at radius 2 is 1.45 bits per heavy atom. The summed E-state index contributed by atoms with van der Waals surface area (Å²) < 4.78 is 23.8. The lowest BCUT2D eigenvalue weighted by Crippen LogP contribution is -2.64. The highest BCUT2D eigenvalue weighted by atomic mass is 16.7. The molecule has 0 amide bonds. The molecule has 2 aromatic carbocycles. The van der Waals surface area contributed by atoms with E-state index in [-0.39, 0.29) is 13.2 Å². The van der Waals surface area contributed by atoms with Gasteiger partial charge >= 0.3 is 0 Å². The first-order valence-corrected chi connectivity index (χ1v) is 9.78. The lowest BCUT2D eigenvalue weighted by Gasteiger charge is -2.44. The van der Waals surface area contributed by atoms with Gasteiger partial charge in [0.05, 0.1) is 32.5 Å². The van der Waals surface area contributed by atoms with E-state index >= 15 is 0 Å². The zero-order valence-corrected chi connectivity index (χ0v) is 16.4. The monoisotopic (exact) mass is 399 g/mol. The number of nitrogens with two attached hydrogens (primary N) is 1. The van der Waals surface area contributed by atoms with Crippen LogP contribution in [-0.2, 0) is 32.2 Å². The smallest absolute Gasteiger partial charge is 0.176 e. The Morgan fingerprint density at radius 3 is 1.97 bits per heavy atom.